The van der Waals surface area contributed by atoms with Crippen LogP contribution in [0.1, 0.15) is 65.2 Å². The molecule has 0 bridgehead atoms. The van der Waals surface area contributed by atoms with Crippen LogP contribution in [0.25, 0.3) is 0 Å². The van der Waals surface area contributed by atoms with Gasteiger partial charge < -0.3 is 0 Å². The lowest BCUT2D eigenvalue weighted by molar-refractivity contribution is 0.679. The SMILES string of the molecule is CCCCC/C=C/CC(Cl)CCCC. The van der Waals surface area contributed by atoms with Gasteiger partial charge in [0.15, 0.2) is 0 Å². The van der Waals surface area contributed by atoms with Crippen LogP contribution in [0, 0.1) is 0 Å². The molecule has 0 aromatic heterocycles. The van der Waals surface area contributed by atoms with E-state index in [0.717, 1.165) is 12.8 Å². The first-order valence-electron chi connectivity index (χ1n) is 6.10. The van der Waals surface area contributed by atoms with E-state index in [-0.39, 0.29) is 0 Å². The highest BCUT2D eigenvalue weighted by atomic mass is 35.5. The molecule has 0 aliphatic rings. The van der Waals surface area contributed by atoms with Gasteiger partial charge in [-0.1, -0.05) is 51.7 Å². The molecule has 14 heavy (non-hydrogen) atoms. The Morgan fingerprint density at radius 3 is 2.36 bits per heavy atom. The normalized spacial score (nSPS) is 13.6. The zero-order valence-electron chi connectivity index (χ0n) is 9.77. The molecule has 0 spiro atoms. The summed E-state index contributed by atoms with van der Waals surface area (Å²) in [7, 11) is 0. The number of hydrogen-bond donors (Lipinski definition) is 0. The first-order chi connectivity index (χ1) is 6.81. The van der Waals surface area contributed by atoms with Crippen molar-refractivity contribution in [3.05, 3.63) is 12.2 Å². The highest BCUT2D eigenvalue weighted by Crippen LogP contribution is 2.12. The molecule has 0 saturated heterocycles. The Labute approximate surface area is 94.7 Å². The minimum absolute atomic E-state index is 0.359. The zero-order chi connectivity index (χ0) is 10.6. The molecule has 0 aromatic rings. The lowest BCUT2D eigenvalue weighted by atomic mass is 10.1. The summed E-state index contributed by atoms with van der Waals surface area (Å²) in [5.41, 5.74) is 0. The summed E-state index contributed by atoms with van der Waals surface area (Å²) in [5, 5.41) is 0.359. The van der Waals surface area contributed by atoms with Crippen molar-refractivity contribution in [1.29, 1.82) is 0 Å². The van der Waals surface area contributed by atoms with Crippen LogP contribution in [0.3, 0.4) is 0 Å². The highest BCUT2D eigenvalue weighted by molar-refractivity contribution is 6.20. The Balaban J connectivity index is 3.23. The lowest BCUT2D eigenvalue weighted by Crippen LogP contribution is -1.95. The molecule has 0 radical (unpaired) electrons. The number of alkyl halides is 1. The quantitative estimate of drug-likeness (QED) is 0.278. The minimum atomic E-state index is 0.359. The highest BCUT2D eigenvalue weighted by Gasteiger charge is 1.99. The van der Waals surface area contributed by atoms with E-state index >= 15 is 0 Å². The van der Waals surface area contributed by atoms with Gasteiger partial charge in [0.1, 0.15) is 0 Å². The summed E-state index contributed by atoms with van der Waals surface area (Å²) in [6, 6.07) is 0. The predicted octanol–water partition coefficient (Wildman–Crippen LogP) is 5.31. The average molecular weight is 217 g/mol. The number of rotatable bonds is 9. The largest absolute Gasteiger partial charge is 0.123 e. The number of allylic oxidation sites excluding steroid dienone is 2. The first kappa shape index (κ1) is 14.0. The van der Waals surface area contributed by atoms with Crippen LogP contribution in [0.5, 0.6) is 0 Å². The molecule has 0 aliphatic heterocycles. The zero-order valence-corrected chi connectivity index (χ0v) is 10.5. The molecule has 1 heteroatoms. The second kappa shape index (κ2) is 11.1. The molecule has 0 aliphatic carbocycles. The van der Waals surface area contributed by atoms with E-state index in [0.29, 0.717) is 5.38 Å². The fourth-order valence-corrected chi connectivity index (χ4v) is 1.67. The Morgan fingerprint density at radius 2 is 1.71 bits per heavy atom. The summed E-state index contributed by atoms with van der Waals surface area (Å²) < 4.78 is 0. The Kier molecular flexibility index (Phi) is 11.1. The van der Waals surface area contributed by atoms with Crippen LogP contribution in [0.15, 0.2) is 12.2 Å². The van der Waals surface area contributed by atoms with Gasteiger partial charge in [0.25, 0.3) is 0 Å². The van der Waals surface area contributed by atoms with E-state index in [4.69, 9.17) is 11.6 Å². The Morgan fingerprint density at radius 1 is 1.00 bits per heavy atom. The molecule has 84 valence electrons. The van der Waals surface area contributed by atoms with E-state index in [1.807, 2.05) is 0 Å². The molecule has 0 rings (SSSR count). The predicted molar refractivity (Wildman–Crippen MR) is 67.1 cm³/mol. The fourth-order valence-electron chi connectivity index (χ4n) is 1.42. The first-order valence-corrected chi connectivity index (χ1v) is 6.54. The third-order valence-corrected chi connectivity index (χ3v) is 2.80. The van der Waals surface area contributed by atoms with Crippen LogP contribution in [0.4, 0.5) is 0 Å². The van der Waals surface area contributed by atoms with Crippen molar-refractivity contribution in [2.75, 3.05) is 0 Å². The summed E-state index contributed by atoms with van der Waals surface area (Å²) in [6.45, 7) is 4.45. The standard InChI is InChI=1S/C13H25Cl/c1-3-5-7-8-9-10-12-13(14)11-6-4-2/h9-10,13H,3-8,11-12H2,1-2H3/b10-9+. The minimum Gasteiger partial charge on any atom is -0.123 e. The molecule has 0 fully saturated rings. The summed E-state index contributed by atoms with van der Waals surface area (Å²) in [4.78, 5) is 0. The van der Waals surface area contributed by atoms with Gasteiger partial charge in [-0.3, -0.25) is 0 Å². The van der Waals surface area contributed by atoms with E-state index < -0.39 is 0 Å². The number of hydrogen-bond acceptors (Lipinski definition) is 0. The summed E-state index contributed by atoms with van der Waals surface area (Å²) >= 11 is 6.15. The molecule has 0 heterocycles. The van der Waals surface area contributed by atoms with Crippen LogP contribution in [-0.2, 0) is 0 Å². The van der Waals surface area contributed by atoms with E-state index in [1.165, 1.54) is 38.5 Å². The molecular formula is C13H25Cl. The molecule has 0 nitrogen and oxygen atoms in total. The monoisotopic (exact) mass is 216 g/mol. The third kappa shape index (κ3) is 10.1. The van der Waals surface area contributed by atoms with Crippen LogP contribution in [0.2, 0.25) is 0 Å². The van der Waals surface area contributed by atoms with Crippen LogP contribution < -0.4 is 0 Å². The molecule has 0 aromatic carbocycles. The second-order valence-corrected chi connectivity index (χ2v) is 4.56. The van der Waals surface area contributed by atoms with Gasteiger partial charge in [0, 0.05) is 5.38 Å². The molecule has 1 atom stereocenters. The van der Waals surface area contributed by atoms with Gasteiger partial charge >= 0.3 is 0 Å². The van der Waals surface area contributed by atoms with Crippen LogP contribution >= 0.6 is 11.6 Å². The smallest absolute Gasteiger partial charge is 0.0370 e. The third-order valence-electron chi connectivity index (χ3n) is 2.40. The van der Waals surface area contributed by atoms with Gasteiger partial charge in [0.2, 0.25) is 0 Å². The molecular weight excluding hydrogens is 192 g/mol. The van der Waals surface area contributed by atoms with Crippen molar-refractivity contribution in [3.8, 4) is 0 Å². The fraction of sp³-hybridized carbons (Fsp3) is 0.846. The maximum Gasteiger partial charge on any atom is 0.0370 e. The maximum absolute atomic E-state index is 6.15. The van der Waals surface area contributed by atoms with Gasteiger partial charge in [-0.05, 0) is 25.7 Å². The summed E-state index contributed by atoms with van der Waals surface area (Å²) in [5.74, 6) is 0. The van der Waals surface area contributed by atoms with Gasteiger partial charge in [-0.15, -0.1) is 11.6 Å². The lowest BCUT2D eigenvalue weighted by Gasteiger charge is -2.04. The van der Waals surface area contributed by atoms with E-state index in [9.17, 15) is 0 Å². The maximum atomic E-state index is 6.15. The second-order valence-electron chi connectivity index (χ2n) is 3.94. The summed E-state index contributed by atoms with van der Waals surface area (Å²) in [6.07, 6.45) is 14.5. The van der Waals surface area contributed by atoms with Crippen molar-refractivity contribution >= 4 is 11.6 Å². The van der Waals surface area contributed by atoms with Crippen molar-refractivity contribution in [2.45, 2.75) is 70.6 Å². The molecule has 0 N–H and O–H groups in total. The Bertz CT molecular complexity index is 129. The van der Waals surface area contributed by atoms with Crippen LogP contribution in [-0.4, -0.2) is 5.38 Å². The number of unbranched alkanes of at least 4 members (excludes halogenated alkanes) is 4. The van der Waals surface area contributed by atoms with Crippen molar-refractivity contribution in [2.24, 2.45) is 0 Å². The Hall–Kier alpha value is 0.0300. The van der Waals surface area contributed by atoms with Gasteiger partial charge in [-0.25, -0.2) is 0 Å². The molecule has 0 saturated carbocycles. The number of halogens is 1. The molecule has 0 amide bonds. The van der Waals surface area contributed by atoms with Crippen molar-refractivity contribution in [1.82, 2.24) is 0 Å². The topological polar surface area (TPSA) is 0 Å². The average Bonchev–Trinajstić information content (AvgIpc) is 2.20. The molecule has 1 unspecified atom stereocenters. The van der Waals surface area contributed by atoms with Gasteiger partial charge in [-0.2, -0.15) is 0 Å². The van der Waals surface area contributed by atoms with E-state index in [1.54, 1.807) is 0 Å². The van der Waals surface area contributed by atoms with Crippen molar-refractivity contribution < 1.29 is 0 Å². The van der Waals surface area contributed by atoms with Crippen molar-refractivity contribution in [3.63, 3.8) is 0 Å². The van der Waals surface area contributed by atoms with E-state index in [2.05, 4.69) is 26.0 Å². The van der Waals surface area contributed by atoms with Gasteiger partial charge in [0.05, 0.1) is 0 Å².